The molecule has 2 heterocycles. The molecular formula is C23H19N5O3. The zero-order chi connectivity index (χ0) is 21.2. The second-order valence-electron chi connectivity index (χ2n) is 7.13. The minimum absolute atomic E-state index is 0.259. The van der Waals surface area contributed by atoms with Crippen molar-refractivity contribution >= 4 is 33.5 Å². The fraction of sp³-hybridized carbons (Fsp3) is 0.130. The predicted octanol–water partition coefficient (Wildman–Crippen LogP) is 4.00. The smallest absolute Gasteiger partial charge is 0.249 e. The van der Waals surface area contributed by atoms with Gasteiger partial charge in [0.1, 0.15) is 29.3 Å². The van der Waals surface area contributed by atoms with Crippen LogP contribution >= 0.6 is 0 Å². The molecule has 0 saturated heterocycles. The summed E-state index contributed by atoms with van der Waals surface area (Å²) in [6.07, 6.45) is 1.87. The van der Waals surface area contributed by atoms with Crippen LogP contribution in [-0.4, -0.2) is 33.2 Å². The molecule has 0 fully saturated rings. The normalized spacial score (nSPS) is 12.2. The van der Waals surface area contributed by atoms with Crippen LogP contribution < -0.4 is 10.1 Å². The Bertz CT molecular complexity index is 1350. The molecule has 5 rings (SSSR count). The number of hydrogen-bond donors (Lipinski definition) is 1. The number of amides is 1. The number of tetrazole rings is 1. The lowest BCUT2D eigenvalue weighted by Crippen LogP contribution is -2.28. The fourth-order valence-electron chi connectivity index (χ4n) is 3.69. The lowest BCUT2D eigenvalue weighted by Gasteiger charge is -2.17. The van der Waals surface area contributed by atoms with E-state index in [1.165, 1.54) is 11.0 Å². The van der Waals surface area contributed by atoms with Crippen molar-refractivity contribution in [1.82, 2.24) is 20.2 Å². The van der Waals surface area contributed by atoms with E-state index in [0.717, 1.165) is 21.9 Å². The lowest BCUT2D eigenvalue weighted by atomic mass is 10.1. The van der Waals surface area contributed by atoms with Crippen molar-refractivity contribution in [3.8, 4) is 5.75 Å². The fourth-order valence-corrected chi connectivity index (χ4v) is 3.69. The quantitative estimate of drug-likeness (QED) is 0.452. The first kappa shape index (κ1) is 18.8. The summed E-state index contributed by atoms with van der Waals surface area (Å²) in [5.41, 5.74) is 2.96. The second kappa shape index (κ2) is 7.91. The average Bonchev–Trinajstić information content (AvgIpc) is 3.45. The van der Waals surface area contributed by atoms with Gasteiger partial charge in [-0.25, -0.2) is 4.68 Å². The Labute approximate surface area is 177 Å². The molecule has 1 amide bonds. The molecule has 0 aliphatic carbocycles. The van der Waals surface area contributed by atoms with E-state index in [9.17, 15) is 4.79 Å². The van der Waals surface area contributed by atoms with E-state index in [0.29, 0.717) is 23.4 Å². The van der Waals surface area contributed by atoms with Gasteiger partial charge >= 0.3 is 0 Å². The maximum Gasteiger partial charge on any atom is 0.249 e. The number of methoxy groups -OCH3 is 1. The van der Waals surface area contributed by atoms with Crippen molar-refractivity contribution in [1.29, 1.82) is 0 Å². The van der Waals surface area contributed by atoms with Crippen LogP contribution in [0.15, 0.2) is 77.5 Å². The number of hydrogen-bond acceptors (Lipinski definition) is 6. The van der Waals surface area contributed by atoms with Gasteiger partial charge in [-0.1, -0.05) is 48.5 Å². The molecule has 0 aliphatic rings. The number of carbonyl (C=O) groups is 1. The van der Waals surface area contributed by atoms with Gasteiger partial charge in [-0.05, 0) is 28.1 Å². The van der Waals surface area contributed by atoms with Crippen molar-refractivity contribution in [3.63, 3.8) is 0 Å². The Morgan fingerprint density at radius 2 is 1.87 bits per heavy atom. The monoisotopic (exact) mass is 413 g/mol. The Morgan fingerprint density at radius 3 is 2.65 bits per heavy atom. The van der Waals surface area contributed by atoms with E-state index in [1.54, 1.807) is 13.2 Å². The molecule has 154 valence electrons. The summed E-state index contributed by atoms with van der Waals surface area (Å²) < 4.78 is 13.0. The molecule has 1 N–H and O–H groups in total. The third-order valence-corrected chi connectivity index (χ3v) is 5.22. The van der Waals surface area contributed by atoms with Gasteiger partial charge < -0.3 is 14.5 Å². The maximum atomic E-state index is 13.3. The van der Waals surface area contributed by atoms with E-state index in [4.69, 9.17) is 9.15 Å². The number of fused-ring (bicyclic) bond motifs is 3. The average molecular weight is 413 g/mol. The standard InChI is InChI=1S/C23H19N5O3/c1-30-22-12-17-16-9-5-6-10-20(16)31-21(17)13-18(22)25-23(29)19(28-14-24-26-27-28)11-15-7-3-2-4-8-15/h2-10,12-14,19H,11H2,1H3,(H,25,29). The molecule has 2 aromatic heterocycles. The number of furan rings is 1. The Hall–Kier alpha value is -4.20. The van der Waals surface area contributed by atoms with Gasteiger partial charge in [0, 0.05) is 23.3 Å². The van der Waals surface area contributed by atoms with Crippen LogP contribution in [0, 0.1) is 0 Å². The number of ether oxygens (including phenoxy) is 1. The largest absolute Gasteiger partial charge is 0.495 e. The van der Waals surface area contributed by atoms with Gasteiger partial charge in [0.2, 0.25) is 5.91 Å². The highest BCUT2D eigenvalue weighted by Gasteiger charge is 2.24. The van der Waals surface area contributed by atoms with Gasteiger partial charge in [0.15, 0.2) is 0 Å². The summed E-state index contributed by atoms with van der Waals surface area (Å²) >= 11 is 0. The number of nitrogens with zero attached hydrogens (tertiary/aromatic N) is 4. The number of carbonyl (C=O) groups excluding carboxylic acids is 1. The summed E-state index contributed by atoms with van der Waals surface area (Å²) in [6, 6.07) is 20.5. The highest BCUT2D eigenvalue weighted by atomic mass is 16.5. The Balaban J connectivity index is 1.50. The van der Waals surface area contributed by atoms with Crippen molar-refractivity contribution in [2.45, 2.75) is 12.5 Å². The second-order valence-corrected chi connectivity index (χ2v) is 7.13. The van der Waals surface area contributed by atoms with E-state index < -0.39 is 6.04 Å². The van der Waals surface area contributed by atoms with E-state index in [1.807, 2.05) is 60.7 Å². The molecule has 0 radical (unpaired) electrons. The molecule has 1 atom stereocenters. The van der Waals surface area contributed by atoms with Gasteiger partial charge in [-0.15, -0.1) is 5.10 Å². The molecule has 1 unspecified atom stereocenters. The van der Waals surface area contributed by atoms with Crippen LogP contribution in [0.4, 0.5) is 5.69 Å². The van der Waals surface area contributed by atoms with Gasteiger partial charge in [-0.3, -0.25) is 4.79 Å². The summed E-state index contributed by atoms with van der Waals surface area (Å²) in [4.78, 5) is 13.3. The first-order valence-corrected chi connectivity index (χ1v) is 9.79. The molecule has 5 aromatic rings. The first-order chi connectivity index (χ1) is 15.2. The van der Waals surface area contributed by atoms with E-state index >= 15 is 0 Å². The van der Waals surface area contributed by atoms with Crippen LogP contribution in [0.3, 0.4) is 0 Å². The SMILES string of the molecule is COc1cc2c(cc1NC(=O)C(Cc1ccccc1)n1cnnn1)oc1ccccc12. The van der Waals surface area contributed by atoms with Gasteiger partial charge in [0.25, 0.3) is 0 Å². The maximum absolute atomic E-state index is 13.3. The van der Waals surface area contributed by atoms with Crippen molar-refractivity contribution in [2.75, 3.05) is 12.4 Å². The number of aromatic nitrogens is 4. The molecule has 0 bridgehead atoms. The molecule has 31 heavy (non-hydrogen) atoms. The lowest BCUT2D eigenvalue weighted by molar-refractivity contribution is -0.119. The first-order valence-electron chi connectivity index (χ1n) is 9.79. The highest BCUT2D eigenvalue weighted by molar-refractivity contribution is 6.08. The third-order valence-electron chi connectivity index (χ3n) is 5.22. The topological polar surface area (TPSA) is 95.1 Å². The zero-order valence-electron chi connectivity index (χ0n) is 16.7. The van der Waals surface area contributed by atoms with E-state index in [-0.39, 0.29) is 5.91 Å². The zero-order valence-corrected chi connectivity index (χ0v) is 16.7. The molecule has 0 aliphatic heterocycles. The summed E-state index contributed by atoms with van der Waals surface area (Å²) in [5, 5.41) is 16.2. The molecule has 8 heteroatoms. The molecule has 3 aromatic carbocycles. The molecular weight excluding hydrogens is 394 g/mol. The predicted molar refractivity (Wildman–Crippen MR) is 116 cm³/mol. The Kier molecular flexibility index (Phi) is 4.80. The number of para-hydroxylation sites is 1. The Morgan fingerprint density at radius 1 is 1.06 bits per heavy atom. The molecule has 8 nitrogen and oxygen atoms in total. The molecule has 0 spiro atoms. The number of rotatable bonds is 6. The van der Waals surface area contributed by atoms with Crippen LogP contribution in [0.2, 0.25) is 0 Å². The summed E-state index contributed by atoms with van der Waals surface area (Å²) in [6.45, 7) is 0. The highest BCUT2D eigenvalue weighted by Crippen LogP contribution is 2.36. The van der Waals surface area contributed by atoms with E-state index in [2.05, 4.69) is 20.8 Å². The summed E-state index contributed by atoms with van der Waals surface area (Å²) in [5.74, 6) is 0.285. The van der Waals surface area contributed by atoms with Crippen LogP contribution in [-0.2, 0) is 11.2 Å². The van der Waals surface area contributed by atoms with Crippen molar-refractivity contribution in [3.05, 3.63) is 78.6 Å². The number of benzene rings is 3. The van der Waals surface area contributed by atoms with Crippen molar-refractivity contribution < 1.29 is 13.9 Å². The van der Waals surface area contributed by atoms with Gasteiger partial charge in [-0.2, -0.15) is 0 Å². The minimum Gasteiger partial charge on any atom is -0.495 e. The van der Waals surface area contributed by atoms with Crippen molar-refractivity contribution in [2.24, 2.45) is 0 Å². The molecule has 0 saturated carbocycles. The van der Waals surface area contributed by atoms with Crippen LogP contribution in [0.1, 0.15) is 11.6 Å². The third kappa shape index (κ3) is 3.59. The van der Waals surface area contributed by atoms with Crippen LogP contribution in [0.25, 0.3) is 21.9 Å². The minimum atomic E-state index is -0.631. The van der Waals surface area contributed by atoms with Crippen LogP contribution in [0.5, 0.6) is 5.75 Å². The summed E-state index contributed by atoms with van der Waals surface area (Å²) in [7, 11) is 1.57. The van der Waals surface area contributed by atoms with Gasteiger partial charge in [0.05, 0.1) is 12.8 Å². The number of anilines is 1. The number of nitrogens with one attached hydrogen (secondary N) is 1.